The first-order valence-electron chi connectivity index (χ1n) is 6.94. The molecular weight excluding hydrogens is 200 g/mol. The van der Waals surface area contributed by atoms with Gasteiger partial charge in [-0.15, -0.1) is 0 Å². The Labute approximate surface area is 99.1 Å². The SMILES string of the molecule is NCC(NC1CCCCCC1)C1CCOC1. The van der Waals surface area contributed by atoms with Gasteiger partial charge in [-0.2, -0.15) is 0 Å². The van der Waals surface area contributed by atoms with Crippen LogP contribution in [0.2, 0.25) is 0 Å². The maximum Gasteiger partial charge on any atom is 0.0510 e. The molecule has 0 amide bonds. The van der Waals surface area contributed by atoms with Crippen molar-refractivity contribution < 1.29 is 4.74 Å². The minimum Gasteiger partial charge on any atom is -0.381 e. The quantitative estimate of drug-likeness (QED) is 0.717. The van der Waals surface area contributed by atoms with Crippen LogP contribution in [0, 0.1) is 5.92 Å². The lowest BCUT2D eigenvalue weighted by Crippen LogP contribution is -2.47. The molecule has 3 N–H and O–H groups in total. The largest absolute Gasteiger partial charge is 0.381 e. The molecule has 0 bridgehead atoms. The van der Waals surface area contributed by atoms with E-state index >= 15 is 0 Å². The Morgan fingerprint density at radius 1 is 1.12 bits per heavy atom. The fourth-order valence-electron chi connectivity index (χ4n) is 3.02. The van der Waals surface area contributed by atoms with Crippen molar-refractivity contribution in [1.29, 1.82) is 0 Å². The van der Waals surface area contributed by atoms with Gasteiger partial charge in [0, 0.05) is 31.2 Å². The molecule has 0 aromatic rings. The monoisotopic (exact) mass is 226 g/mol. The third kappa shape index (κ3) is 3.44. The molecule has 2 unspecified atom stereocenters. The van der Waals surface area contributed by atoms with Gasteiger partial charge in [0.25, 0.3) is 0 Å². The Bertz CT molecular complexity index is 184. The van der Waals surface area contributed by atoms with E-state index in [0.717, 1.165) is 19.8 Å². The van der Waals surface area contributed by atoms with Gasteiger partial charge in [-0.25, -0.2) is 0 Å². The molecule has 2 atom stereocenters. The van der Waals surface area contributed by atoms with Gasteiger partial charge < -0.3 is 15.8 Å². The molecule has 2 rings (SSSR count). The normalized spacial score (nSPS) is 30.2. The summed E-state index contributed by atoms with van der Waals surface area (Å²) >= 11 is 0. The Balaban J connectivity index is 1.79. The summed E-state index contributed by atoms with van der Waals surface area (Å²) in [4.78, 5) is 0. The second-order valence-electron chi connectivity index (χ2n) is 5.32. The molecule has 1 aliphatic carbocycles. The number of rotatable bonds is 4. The Morgan fingerprint density at radius 2 is 1.88 bits per heavy atom. The molecule has 0 spiro atoms. The van der Waals surface area contributed by atoms with Crippen molar-refractivity contribution in [3.63, 3.8) is 0 Å². The molecule has 16 heavy (non-hydrogen) atoms. The highest BCUT2D eigenvalue weighted by molar-refractivity contribution is 4.84. The fourth-order valence-corrected chi connectivity index (χ4v) is 3.02. The predicted octanol–water partition coefficient (Wildman–Crippen LogP) is 1.66. The van der Waals surface area contributed by atoms with Crippen LogP contribution in [-0.4, -0.2) is 31.8 Å². The van der Waals surface area contributed by atoms with Crippen molar-refractivity contribution in [2.45, 2.75) is 57.0 Å². The van der Waals surface area contributed by atoms with E-state index in [0.29, 0.717) is 18.0 Å². The smallest absolute Gasteiger partial charge is 0.0510 e. The number of hydrogen-bond acceptors (Lipinski definition) is 3. The van der Waals surface area contributed by atoms with Crippen molar-refractivity contribution in [3.05, 3.63) is 0 Å². The van der Waals surface area contributed by atoms with Gasteiger partial charge in [0.05, 0.1) is 6.61 Å². The van der Waals surface area contributed by atoms with Crippen LogP contribution in [0.1, 0.15) is 44.9 Å². The molecule has 3 nitrogen and oxygen atoms in total. The van der Waals surface area contributed by atoms with Crippen LogP contribution >= 0.6 is 0 Å². The summed E-state index contributed by atoms with van der Waals surface area (Å²) in [5.41, 5.74) is 5.89. The van der Waals surface area contributed by atoms with E-state index < -0.39 is 0 Å². The molecule has 0 radical (unpaired) electrons. The van der Waals surface area contributed by atoms with Gasteiger partial charge in [0.2, 0.25) is 0 Å². The minimum absolute atomic E-state index is 0.477. The first-order chi connectivity index (χ1) is 7.90. The second-order valence-corrected chi connectivity index (χ2v) is 5.32. The first-order valence-corrected chi connectivity index (χ1v) is 6.94. The van der Waals surface area contributed by atoms with E-state index in [-0.39, 0.29) is 0 Å². The highest BCUT2D eigenvalue weighted by Crippen LogP contribution is 2.21. The van der Waals surface area contributed by atoms with Crippen molar-refractivity contribution >= 4 is 0 Å². The zero-order chi connectivity index (χ0) is 11.2. The van der Waals surface area contributed by atoms with Crippen LogP contribution in [0.25, 0.3) is 0 Å². The molecular formula is C13H26N2O. The molecule has 1 saturated carbocycles. The van der Waals surface area contributed by atoms with Crippen LogP contribution in [-0.2, 0) is 4.74 Å². The van der Waals surface area contributed by atoms with Gasteiger partial charge in [-0.3, -0.25) is 0 Å². The molecule has 2 aliphatic rings. The molecule has 3 heteroatoms. The molecule has 1 saturated heterocycles. The Morgan fingerprint density at radius 3 is 2.44 bits per heavy atom. The first kappa shape index (κ1) is 12.3. The lowest BCUT2D eigenvalue weighted by Gasteiger charge is -2.27. The summed E-state index contributed by atoms with van der Waals surface area (Å²) in [7, 11) is 0. The predicted molar refractivity (Wildman–Crippen MR) is 66.4 cm³/mol. The van der Waals surface area contributed by atoms with E-state index in [1.807, 2.05) is 0 Å². The maximum absolute atomic E-state index is 5.89. The minimum atomic E-state index is 0.477. The Hall–Kier alpha value is -0.120. The maximum atomic E-state index is 5.89. The van der Waals surface area contributed by atoms with Crippen LogP contribution in [0.4, 0.5) is 0 Å². The van der Waals surface area contributed by atoms with Crippen LogP contribution in [0.5, 0.6) is 0 Å². The summed E-state index contributed by atoms with van der Waals surface area (Å²) in [5, 5.41) is 3.78. The summed E-state index contributed by atoms with van der Waals surface area (Å²) in [5.74, 6) is 0.647. The Kier molecular flexibility index (Phi) is 5.07. The van der Waals surface area contributed by atoms with Crippen molar-refractivity contribution in [3.8, 4) is 0 Å². The van der Waals surface area contributed by atoms with Gasteiger partial charge in [0.15, 0.2) is 0 Å². The number of nitrogens with one attached hydrogen (secondary N) is 1. The molecule has 2 fully saturated rings. The molecule has 0 aromatic heterocycles. The van der Waals surface area contributed by atoms with E-state index in [4.69, 9.17) is 10.5 Å². The van der Waals surface area contributed by atoms with Crippen LogP contribution < -0.4 is 11.1 Å². The highest BCUT2D eigenvalue weighted by Gasteiger charge is 2.26. The van der Waals surface area contributed by atoms with Crippen LogP contribution in [0.15, 0.2) is 0 Å². The fraction of sp³-hybridized carbons (Fsp3) is 1.00. The van der Waals surface area contributed by atoms with E-state index in [9.17, 15) is 0 Å². The number of nitrogens with two attached hydrogens (primary N) is 1. The van der Waals surface area contributed by atoms with Gasteiger partial charge in [-0.05, 0) is 19.3 Å². The average molecular weight is 226 g/mol. The summed E-state index contributed by atoms with van der Waals surface area (Å²) in [6.45, 7) is 2.58. The van der Waals surface area contributed by atoms with Gasteiger partial charge >= 0.3 is 0 Å². The molecule has 1 aliphatic heterocycles. The third-order valence-corrected chi connectivity index (χ3v) is 4.09. The van der Waals surface area contributed by atoms with Gasteiger partial charge in [-0.1, -0.05) is 25.7 Å². The lowest BCUT2D eigenvalue weighted by molar-refractivity contribution is 0.174. The summed E-state index contributed by atoms with van der Waals surface area (Å²) in [6.07, 6.45) is 9.46. The standard InChI is InChI=1S/C13H26N2O/c14-9-13(11-7-8-16-10-11)15-12-5-3-1-2-4-6-12/h11-13,15H,1-10,14H2. The molecule has 94 valence electrons. The van der Waals surface area contributed by atoms with Crippen molar-refractivity contribution in [2.24, 2.45) is 11.7 Å². The molecule has 1 heterocycles. The van der Waals surface area contributed by atoms with E-state index in [1.165, 1.54) is 44.9 Å². The summed E-state index contributed by atoms with van der Waals surface area (Å²) < 4.78 is 5.46. The van der Waals surface area contributed by atoms with Crippen LogP contribution in [0.3, 0.4) is 0 Å². The number of ether oxygens (including phenoxy) is 1. The highest BCUT2D eigenvalue weighted by atomic mass is 16.5. The van der Waals surface area contributed by atoms with Gasteiger partial charge in [0.1, 0.15) is 0 Å². The average Bonchev–Trinajstić information content (AvgIpc) is 2.71. The number of hydrogen-bond donors (Lipinski definition) is 2. The van der Waals surface area contributed by atoms with Crippen molar-refractivity contribution in [2.75, 3.05) is 19.8 Å². The topological polar surface area (TPSA) is 47.3 Å². The van der Waals surface area contributed by atoms with Crippen molar-refractivity contribution in [1.82, 2.24) is 5.32 Å². The lowest BCUT2D eigenvalue weighted by atomic mass is 9.97. The third-order valence-electron chi connectivity index (χ3n) is 4.09. The van der Waals surface area contributed by atoms with E-state index in [2.05, 4.69) is 5.32 Å². The van der Waals surface area contributed by atoms with E-state index in [1.54, 1.807) is 0 Å². The second kappa shape index (κ2) is 6.58. The molecule has 0 aromatic carbocycles. The zero-order valence-electron chi connectivity index (χ0n) is 10.3. The summed E-state index contributed by atoms with van der Waals surface area (Å²) in [6, 6.07) is 1.18. The zero-order valence-corrected chi connectivity index (χ0v) is 10.3.